The van der Waals surface area contributed by atoms with Crippen LogP contribution < -0.4 is 10.6 Å². The second kappa shape index (κ2) is 9.85. The van der Waals surface area contributed by atoms with Crippen molar-refractivity contribution < 1.29 is 9.59 Å². The topological polar surface area (TPSA) is 58.2 Å². The van der Waals surface area contributed by atoms with Crippen molar-refractivity contribution in [1.82, 2.24) is 10.6 Å². The van der Waals surface area contributed by atoms with Crippen LogP contribution in [0.2, 0.25) is 0 Å². The van der Waals surface area contributed by atoms with Crippen LogP contribution in [0.4, 0.5) is 0 Å². The van der Waals surface area contributed by atoms with E-state index in [4.69, 9.17) is 0 Å². The van der Waals surface area contributed by atoms with Crippen LogP contribution in [0.25, 0.3) is 6.08 Å². The molecule has 0 saturated carbocycles. The maximum absolute atomic E-state index is 13.1. The molecule has 0 aliphatic carbocycles. The molecule has 0 saturated heterocycles. The molecule has 0 bridgehead atoms. The molecule has 1 atom stereocenters. The predicted octanol–water partition coefficient (Wildman–Crippen LogP) is 5.09. The third-order valence-electron chi connectivity index (χ3n) is 4.64. The maximum atomic E-state index is 13.1. The molecular formula is C24H24N2O2S. The summed E-state index contributed by atoms with van der Waals surface area (Å²) in [6.45, 7) is 4.06. The lowest BCUT2D eigenvalue weighted by Gasteiger charge is -2.20. The molecule has 0 fully saturated rings. The van der Waals surface area contributed by atoms with E-state index in [1.54, 1.807) is 30.3 Å². The average Bonchev–Trinajstić information content (AvgIpc) is 3.25. The van der Waals surface area contributed by atoms with Gasteiger partial charge in [0.2, 0.25) is 0 Å². The number of thiophene rings is 1. The van der Waals surface area contributed by atoms with Gasteiger partial charge < -0.3 is 10.6 Å². The lowest BCUT2D eigenvalue weighted by Crippen LogP contribution is -2.36. The van der Waals surface area contributed by atoms with Crippen molar-refractivity contribution >= 4 is 29.2 Å². The number of nitrogens with one attached hydrogen (secondary N) is 2. The van der Waals surface area contributed by atoms with Crippen molar-refractivity contribution in [2.45, 2.75) is 26.3 Å². The smallest absolute Gasteiger partial charge is 0.268 e. The molecule has 2 amide bonds. The Kier molecular flexibility index (Phi) is 6.98. The van der Waals surface area contributed by atoms with E-state index < -0.39 is 0 Å². The van der Waals surface area contributed by atoms with E-state index in [9.17, 15) is 9.59 Å². The summed E-state index contributed by atoms with van der Waals surface area (Å²) in [6, 6.07) is 20.6. The Hall–Kier alpha value is -3.18. The van der Waals surface area contributed by atoms with Gasteiger partial charge in [0.15, 0.2) is 0 Å². The number of hydrogen-bond acceptors (Lipinski definition) is 3. The molecule has 3 rings (SSSR count). The molecule has 0 unspecified atom stereocenters. The van der Waals surface area contributed by atoms with Crippen molar-refractivity contribution in [2.75, 3.05) is 0 Å². The minimum atomic E-state index is -0.313. The molecule has 1 aromatic heterocycles. The van der Waals surface area contributed by atoms with E-state index >= 15 is 0 Å². The van der Waals surface area contributed by atoms with E-state index in [1.807, 2.05) is 61.7 Å². The van der Waals surface area contributed by atoms with Crippen LogP contribution in [0.3, 0.4) is 0 Å². The number of amides is 2. The summed E-state index contributed by atoms with van der Waals surface area (Å²) in [5, 5.41) is 7.79. The number of carbonyl (C=O) groups is 2. The predicted molar refractivity (Wildman–Crippen MR) is 119 cm³/mol. The van der Waals surface area contributed by atoms with E-state index in [-0.39, 0.29) is 23.6 Å². The molecule has 29 heavy (non-hydrogen) atoms. The largest absolute Gasteiger partial charge is 0.344 e. The summed E-state index contributed by atoms with van der Waals surface area (Å²) in [5.41, 5.74) is 2.93. The molecule has 2 N–H and O–H groups in total. The van der Waals surface area contributed by atoms with Gasteiger partial charge >= 0.3 is 0 Å². The Morgan fingerprint density at radius 2 is 1.72 bits per heavy atom. The first-order chi connectivity index (χ1) is 14.1. The number of benzene rings is 2. The van der Waals surface area contributed by atoms with Crippen LogP contribution in [0.1, 0.15) is 45.7 Å². The van der Waals surface area contributed by atoms with E-state index in [0.29, 0.717) is 5.56 Å². The van der Waals surface area contributed by atoms with E-state index in [2.05, 4.69) is 10.6 Å². The number of carbonyl (C=O) groups excluding carboxylic acids is 2. The molecule has 0 spiro atoms. The fraction of sp³-hybridized carbons (Fsp3) is 0.167. The van der Waals surface area contributed by atoms with Gasteiger partial charge in [-0.15, -0.1) is 11.3 Å². The first-order valence-electron chi connectivity index (χ1n) is 9.56. The molecule has 2 aromatic carbocycles. The molecule has 5 heteroatoms. The quantitative estimate of drug-likeness (QED) is 0.539. The normalized spacial score (nSPS) is 12.3. The van der Waals surface area contributed by atoms with Gasteiger partial charge in [0.25, 0.3) is 11.8 Å². The highest BCUT2D eigenvalue weighted by molar-refractivity contribution is 7.10. The average molecular weight is 405 g/mol. The summed E-state index contributed by atoms with van der Waals surface area (Å²) in [4.78, 5) is 26.6. The lowest BCUT2D eigenvalue weighted by atomic mass is 9.99. The SMILES string of the molecule is CC[C@H](NC(=O)/C(=C/c1cccs1)NC(=O)c1ccccc1)c1ccccc1C. The molecular weight excluding hydrogens is 380 g/mol. The minimum absolute atomic E-state index is 0.135. The van der Waals surface area contributed by atoms with Gasteiger partial charge in [0.1, 0.15) is 5.70 Å². The van der Waals surface area contributed by atoms with Crippen LogP contribution in [-0.2, 0) is 4.79 Å². The van der Waals surface area contributed by atoms with Gasteiger partial charge in [-0.05, 0) is 54.1 Å². The molecule has 3 aromatic rings. The number of hydrogen-bond donors (Lipinski definition) is 2. The molecule has 4 nitrogen and oxygen atoms in total. The fourth-order valence-corrected chi connectivity index (χ4v) is 3.73. The highest BCUT2D eigenvalue weighted by Crippen LogP contribution is 2.21. The van der Waals surface area contributed by atoms with Crippen molar-refractivity contribution in [3.8, 4) is 0 Å². The maximum Gasteiger partial charge on any atom is 0.268 e. The second-order valence-electron chi connectivity index (χ2n) is 6.68. The third kappa shape index (κ3) is 5.42. The fourth-order valence-electron chi connectivity index (χ4n) is 3.07. The molecule has 1 heterocycles. The summed E-state index contributed by atoms with van der Waals surface area (Å²) in [6.07, 6.45) is 2.46. The first-order valence-corrected chi connectivity index (χ1v) is 10.4. The van der Waals surface area contributed by atoms with Crippen molar-refractivity contribution in [3.63, 3.8) is 0 Å². The van der Waals surface area contributed by atoms with Gasteiger partial charge in [-0.2, -0.15) is 0 Å². The van der Waals surface area contributed by atoms with Crippen LogP contribution in [0.5, 0.6) is 0 Å². The standard InChI is InChI=1S/C24H24N2O2S/c1-3-21(20-14-8-7-10-17(20)2)25-24(28)22(16-19-13-9-15-29-19)26-23(27)18-11-5-4-6-12-18/h4-16,21H,3H2,1-2H3,(H,25,28)(H,26,27)/b22-16-/t21-/m0/s1. The summed E-state index contributed by atoms with van der Waals surface area (Å²) in [5.74, 6) is -0.620. The minimum Gasteiger partial charge on any atom is -0.344 e. The van der Waals surface area contributed by atoms with Crippen LogP contribution in [-0.4, -0.2) is 11.8 Å². The Morgan fingerprint density at radius 3 is 2.38 bits per heavy atom. The monoisotopic (exact) mass is 404 g/mol. The molecule has 148 valence electrons. The first kappa shape index (κ1) is 20.6. The highest BCUT2D eigenvalue weighted by atomic mass is 32.1. The summed E-state index contributed by atoms with van der Waals surface area (Å²) >= 11 is 1.51. The van der Waals surface area contributed by atoms with Gasteiger partial charge in [0.05, 0.1) is 6.04 Å². The molecule has 0 aliphatic rings. The molecule has 0 aliphatic heterocycles. The van der Waals surface area contributed by atoms with Crippen molar-refractivity contribution in [3.05, 3.63) is 99.4 Å². The second-order valence-corrected chi connectivity index (χ2v) is 7.66. The van der Waals surface area contributed by atoms with E-state index in [1.165, 1.54) is 11.3 Å². The summed E-state index contributed by atoms with van der Waals surface area (Å²) < 4.78 is 0. The Bertz CT molecular complexity index is 995. The summed E-state index contributed by atoms with van der Waals surface area (Å²) in [7, 11) is 0. The zero-order valence-corrected chi connectivity index (χ0v) is 17.3. The van der Waals surface area contributed by atoms with E-state index in [0.717, 1.165) is 22.4 Å². The Labute approximate surface area is 175 Å². The van der Waals surface area contributed by atoms with Crippen LogP contribution >= 0.6 is 11.3 Å². The zero-order chi connectivity index (χ0) is 20.6. The van der Waals surface area contributed by atoms with Gasteiger partial charge in [-0.3, -0.25) is 9.59 Å². The number of rotatable bonds is 7. The third-order valence-corrected chi connectivity index (χ3v) is 5.46. The lowest BCUT2D eigenvalue weighted by molar-refractivity contribution is -0.118. The van der Waals surface area contributed by atoms with Crippen molar-refractivity contribution in [2.24, 2.45) is 0 Å². The highest BCUT2D eigenvalue weighted by Gasteiger charge is 2.19. The Morgan fingerprint density at radius 1 is 1.00 bits per heavy atom. The van der Waals surface area contributed by atoms with Gasteiger partial charge in [-0.1, -0.05) is 55.5 Å². The molecule has 0 radical (unpaired) electrons. The van der Waals surface area contributed by atoms with Gasteiger partial charge in [0, 0.05) is 10.4 Å². The van der Waals surface area contributed by atoms with Gasteiger partial charge in [-0.25, -0.2) is 0 Å². The Balaban J connectivity index is 1.84. The van der Waals surface area contributed by atoms with Crippen LogP contribution in [0.15, 0.2) is 77.8 Å². The number of aryl methyl sites for hydroxylation is 1. The van der Waals surface area contributed by atoms with Crippen LogP contribution in [0, 0.1) is 6.92 Å². The zero-order valence-electron chi connectivity index (χ0n) is 16.5. The van der Waals surface area contributed by atoms with Crippen molar-refractivity contribution in [1.29, 1.82) is 0 Å².